The molecule has 2 aromatic rings. The van der Waals surface area contributed by atoms with Crippen molar-refractivity contribution in [3.05, 3.63) is 47.5 Å². The Morgan fingerprint density at radius 3 is 2.68 bits per heavy atom. The van der Waals surface area contributed by atoms with Crippen LogP contribution in [0.1, 0.15) is 42.0 Å². The first kappa shape index (κ1) is 20.6. The lowest BCUT2D eigenvalue weighted by molar-refractivity contribution is 0.0124. The van der Waals surface area contributed by atoms with Gasteiger partial charge in [0.25, 0.3) is 5.91 Å². The smallest absolute Gasteiger partial charge is 0.253 e. The van der Waals surface area contributed by atoms with Crippen molar-refractivity contribution in [3.63, 3.8) is 0 Å². The fourth-order valence-electron chi connectivity index (χ4n) is 4.03. The zero-order chi connectivity index (χ0) is 20.1. The van der Waals surface area contributed by atoms with Gasteiger partial charge in [0, 0.05) is 43.3 Å². The molecule has 2 aromatic heterocycles. The van der Waals surface area contributed by atoms with E-state index in [0.29, 0.717) is 18.5 Å². The number of carbonyl (C=O) groups is 1. The summed E-state index contributed by atoms with van der Waals surface area (Å²) in [7, 11) is 0. The van der Waals surface area contributed by atoms with Gasteiger partial charge in [0.2, 0.25) is 0 Å². The Bertz CT molecular complexity index is 779. The van der Waals surface area contributed by atoms with Crippen LogP contribution < -0.4 is 5.32 Å². The van der Waals surface area contributed by atoms with Crippen LogP contribution in [-0.4, -0.2) is 59.2 Å². The average molecular weight is 385 g/mol. The maximum atomic E-state index is 13.0. The number of morpholine rings is 1. The summed E-state index contributed by atoms with van der Waals surface area (Å²) in [5.41, 5.74) is 3.67. The second kappa shape index (κ2) is 9.34. The molecule has 0 aromatic carbocycles. The van der Waals surface area contributed by atoms with Gasteiger partial charge in [-0.05, 0) is 44.4 Å². The van der Waals surface area contributed by atoms with E-state index in [2.05, 4.69) is 33.6 Å². The molecular formula is C22H32N4O2. The van der Waals surface area contributed by atoms with Crippen LogP contribution in [0.15, 0.2) is 30.6 Å². The van der Waals surface area contributed by atoms with Gasteiger partial charge in [0.1, 0.15) is 0 Å². The molecule has 0 radical (unpaired) electrons. The van der Waals surface area contributed by atoms with Crippen molar-refractivity contribution < 1.29 is 9.53 Å². The molecule has 1 unspecified atom stereocenters. The largest absolute Gasteiger partial charge is 0.379 e. The van der Waals surface area contributed by atoms with Gasteiger partial charge >= 0.3 is 0 Å². The molecule has 3 rings (SSSR count). The van der Waals surface area contributed by atoms with Crippen LogP contribution >= 0.6 is 0 Å². The quantitative estimate of drug-likeness (QED) is 0.797. The summed E-state index contributed by atoms with van der Waals surface area (Å²) >= 11 is 0. The number of rotatable bonds is 7. The summed E-state index contributed by atoms with van der Waals surface area (Å²) in [5, 5.41) is 3.18. The molecular weight excluding hydrogens is 352 g/mol. The van der Waals surface area contributed by atoms with E-state index in [9.17, 15) is 4.79 Å². The molecule has 0 aliphatic carbocycles. The first-order valence-corrected chi connectivity index (χ1v) is 10.2. The van der Waals surface area contributed by atoms with E-state index >= 15 is 0 Å². The third-order valence-corrected chi connectivity index (χ3v) is 5.38. The normalized spacial score (nSPS) is 16.3. The summed E-state index contributed by atoms with van der Waals surface area (Å²) in [6.07, 6.45) is 4.64. The highest BCUT2D eigenvalue weighted by Crippen LogP contribution is 2.20. The van der Waals surface area contributed by atoms with Gasteiger partial charge in [-0.15, -0.1) is 0 Å². The number of ether oxygens (including phenoxy) is 1. The molecule has 1 aliphatic rings. The van der Waals surface area contributed by atoms with Crippen LogP contribution in [0.25, 0.3) is 5.69 Å². The third kappa shape index (κ3) is 4.80. The van der Waals surface area contributed by atoms with Gasteiger partial charge in [-0.2, -0.15) is 0 Å². The van der Waals surface area contributed by atoms with E-state index in [-0.39, 0.29) is 5.91 Å². The SMILES string of the molecule is Cc1cc(C(=O)NCC(CC(C)C)N2CCOCC2)c(C)n1-c1cccnc1. The van der Waals surface area contributed by atoms with Crippen LogP contribution in [0.2, 0.25) is 0 Å². The topological polar surface area (TPSA) is 59.4 Å². The Morgan fingerprint density at radius 1 is 1.29 bits per heavy atom. The monoisotopic (exact) mass is 384 g/mol. The number of carbonyl (C=O) groups excluding carboxylic acids is 1. The van der Waals surface area contributed by atoms with Gasteiger partial charge in [-0.1, -0.05) is 13.8 Å². The summed E-state index contributed by atoms with van der Waals surface area (Å²) in [5.74, 6) is 0.575. The van der Waals surface area contributed by atoms with Crippen molar-refractivity contribution in [2.45, 2.75) is 40.2 Å². The minimum atomic E-state index is -0.00902. The summed E-state index contributed by atoms with van der Waals surface area (Å²) < 4.78 is 7.57. The lowest BCUT2D eigenvalue weighted by Crippen LogP contribution is -2.49. The lowest BCUT2D eigenvalue weighted by atomic mass is 10.0. The Morgan fingerprint density at radius 2 is 2.04 bits per heavy atom. The van der Waals surface area contributed by atoms with E-state index in [4.69, 9.17) is 4.74 Å². The van der Waals surface area contributed by atoms with Crippen molar-refractivity contribution in [2.75, 3.05) is 32.8 Å². The predicted molar refractivity (Wildman–Crippen MR) is 111 cm³/mol. The molecule has 1 N–H and O–H groups in total. The van der Waals surface area contributed by atoms with E-state index in [1.807, 2.05) is 38.2 Å². The van der Waals surface area contributed by atoms with Crippen LogP contribution in [-0.2, 0) is 4.74 Å². The van der Waals surface area contributed by atoms with Gasteiger partial charge < -0.3 is 14.6 Å². The molecule has 152 valence electrons. The van der Waals surface area contributed by atoms with Gasteiger partial charge in [-0.25, -0.2) is 0 Å². The van der Waals surface area contributed by atoms with E-state index < -0.39 is 0 Å². The molecule has 3 heterocycles. The predicted octanol–water partition coefficient (Wildman–Crippen LogP) is 2.97. The van der Waals surface area contributed by atoms with Crippen molar-refractivity contribution in [1.29, 1.82) is 0 Å². The summed E-state index contributed by atoms with van der Waals surface area (Å²) in [6, 6.07) is 6.22. The highest BCUT2D eigenvalue weighted by molar-refractivity contribution is 5.95. The van der Waals surface area contributed by atoms with E-state index in [0.717, 1.165) is 55.4 Å². The van der Waals surface area contributed by atoms with Crippen molar-refractivity contribution in [3.8, 4) is 5.69 Å². The molecule has 0 saturated carbocycles. The maximum Gasteiger partial charge on any atom is 0.253 e. The second-order valence-corrected chi connectivity index (χ2v) is 7.97. The molecule has 1 amide bonds. The number of hydrogen-bond donors (Lipinski definition) is 1. The fraction of sp³-hybridized carbons (Fsp3) is 0.545. The van der Waals surface area contributed by atoms with Gasteiger partial charge in [0.15, 0.2) is 0 Å². The van der Waals surface area contributed by atoms with Gasteiger partial charge in [0.05, 0.1) is 30.7 Å². The number of aromatic nitrogens is 2. The summed E-state index contributed by atoms with van der Waals surface area (Å²) in [4.78, 5) is 19.6. The molecule has 1 fully saturated rings. The lowest BCUT2D eigenvalue weighted by Gasteiger charge is -2.35. The van der Waals surface area contributed by atoms with E-state index in [1.54, 1.807) is 6.20 Å². The fourth-order valence-corrected chi connectivity index (χ4v) is 4.03. The molecule has 1 atom stereocenters. The molecule has 28 heavy (non-hydrogen) atoms. The van der Waals surface area contributed by atoms with Crippen molar-refractivity contribution >= 4 is 5.91 Å². The number of pyridine rings is 1. The first-order chi connectivity index (χ1) is 13.5. The zero-order valence-corrected chi connectivity index (χ0v) is 17.4. The Labute approximate surface area is 167 Å². The standard InChI is InChI=1S/C22H32N4O2/c1-16(2)12-20(25-8-10-28-11-9-25)15-24-22(27)21-13-17(3)26(18(21)4)19-6-5-7-23-14-19/h5-7,13-14,16,20H,8-12,15H2,1-4H3,(H,24,27). The molecule has 0 bridgehead atoms. The molecule has 6 heteroatoms. The number of hydrogen-bond acceptors (Lipinski definition) is 4. The minimum Gasteiger partial charge on any atom is -0.379 e. The molecule has 1 saturated heterocycles. The van der Waals surface area contributed by atoms with Crippen LogP contribution in [0.5, 0.6) is 0 Å². The minimum absolute atomic E-state index is 0.00902. The number of nitrogens with one attached hydrogen (secondary N) is 1. The van der Waals surface area contributed by atoms with Crippen molar-refractivity contribution in [1.82, 2.24) is 19.8 Å². The van der Waals surface area contributed by atoms with Crippen molar-refractivity contribution in [2.24, 2.45) is 5.92 Å². The Balaban J connectivity index is 1.71. The van der Waals surface area contributed by atoms with Crippen LogP contribution in [0.3, 0.4) is 0 Å². The van der Waals surface area contributed by atoms with Gasteiger partial charge in [-0.3, -0.25) is 14.7 Å². The molecule has 0 spiro atoms. The third-order valence-electron chi connectivity index (χ3n) is 5.38. The van der Waals surface area contributed by atoms with Crippen LogP contribution in [0, 0.1) is 19.8 Å². The van der Waals surface area contributed by atoms with Crippen LogP contribution in [0.4, 0.5) is 0 Å². The average Bonchev–Trinajstić information content (AvgIpc) is 3.00. The van der Waals surface area contributed by atoms with E-state index in [1.165, 1.54) is 0 Å². The Kier molecular flexibility index (Phi) is 6.86. The summed E-state index contributed by atoms with van der Waals surface area (Å²) in [6.45, 7) is 12.5. The first-order valence-electron chi connectivity index (χ1n) is 10.2. The number of amides is 1. The molecule has 1 aliphatic heterocycles. The number of aryl methyl sites for hydroxylation is 1. The number of nitrogens with zero attached hydrogens (tertiary/aromatic N) is 3. The Hall–Kier alpha value is -2.18. The molecule has 6 nitrogen and oxygen atoms in total. The zero-order valence-electron chi connectivity index (χ0n) is 17.4. The second-order valence-electron chi connectivity index (χ2n) is 7.97. The highest BCUT2D eigenvalue weighted by atomic mass is 16.5. The maximum absolute atomic E-state index is 13.0. The highest BCUT2D eigenvalue weighted by Gasteiger charge is 2.23.